The van der Waals surface area contributed by atoms with Crippen LogP contribution in [0.4, 0.5) is 17.5 Å². The van der Waals surface area contributed by atoms with E-state index in [0.29, 0.717) is 0 Å². The highest BCUT2D eigenvalue weighted by atomic mass is 31.2. The largest absolute Gasteiger partial charge is 0.472 e. The topological polar surface area (TPSA) is 441 Å². The minimum absolute atomic E-state index is 0.0133. The first kappa shape index (κ1) is 42.9. The molecular formula is C29H37N13O17P2. The summed E-state index contributed by atoms with van der Waals surface area (Å²) in [5.74, 6) is -0.158. The van der Waals surface area contributed by atoms with Crippen molar-refractivity contribution in [2.45, 2.75) is 73.6 Å². The van der Waals surface area contributed by atoms with E-state index >= 15 is 0 Å². The number of imidazole rings is 2. The van der Waals surface area contributed by atoms with Gasteiger partial charge in [0.25, 0.3) is 0 Å². The van der Waals surface area contributed by atoms with Gasteiger partial charge in [-0.05, 0) is 6.07 Å². The Balaban J connectivity index is 0.962. The number of ether oxygens (including phenoxy) is 3. The monoisotopic (exact) mass is 901 g/mol. The summed E-state index contributed by atoms with van der Waals surface area (Å²) in [5.41, 5.74) is 16.8. The number of nitrogens with zero attached hydrogens (tertiary/aromatic N) is 10. The average Bonchev–Trinajstić information content (AvgIpc) is 4.03. The van der Waals surface area contributed by atoms with Gasteiger partial charge in [0.05, 0.1) is 32.5 Å². The number of aliphatic hydroxyl groups is 5. The van der Waals surface area contributed by atoms with Crippen LogP contribution in [0.5, 0.6) is 0 Å². The normalized spacial score (nSPS) is 32.4. The van der Waals surface area contributed by atoms with Gasteiger partial charge >= 0.3 is 21.3 Å². The van der Waals surface area contributed by atoms with Gasteiger partial charge in [-0.25, -0.2) is 43.8 Å². The van der Waals surface area contributed by atoms with Crippen LogP contribution in [0.25, 0.3) is 22.3 Å². The fourth-order valence-electron chi connectivity index (χ4n) is 6.97. The smallest absolute Gasteiger partial charge is 0.394 e. The van der Waals surface area contributed by atoms with Crippen molar-refractivity contribution >= 4 is 55.4 Å². The number of hydrogen-bond donors (Lipinski definition) is 10. The van der Waals surface area contributed by atoms with Crippen molar-refractivity contribution in [3.63, 3.8) is 0 Å². The van der Waals surface area contributed by atoms with Crippen LogP contribution in [0.1, 0.15) is 18.7 Å². The third kappa shape index (κ3) is 8.21. The molecule has 14 atom stereocenters. The van der Waals surface area contributed by atoms with E-state index in [4.69, 9.17) is 49.5 Å². The summed E-state index contributed by atoms with van der Waals surface area (Å²) in [6.07, 6.45) is -14.1. The van der Waals surface area contributed by atoms with E-state index < -0.39 is 115 Å². The fourth-order valence-corrected chi connectivity index (χ4v) is 8.90. The molecule has 0 radical (unpaired) electrons. The zero-order chi connectivity index (χ0) is 43.5. The summed E-state index contributed by atoms with van der Waals surface area (Å²) in [6, 6.07) is 1.17. The molecule has 5 aromatic rings. The first-order valence-corrected chi connectivity index (χ1v) is 20.8. The number of nitrogens with two attached hydrogens (primary N) is 3. The number of rotatable bonds is 14. The van der Waals surface area contributed by atoms with Crippen LogP contribution in [-0.2, 0) is 41.4 Å². The van der Waals surface area contributed by atoms with Crippen molar-refractivity contribution in [1.29, 1.82) is 0 Å². The summed E-state index contributed by atoms with van der Waals surface area (Å²) in [5, 5.41) is 54.0. The molecule has 330 valence electrons. The second kappa shape index (κ2) is 16.5. The molecule has 2 unspecified atom stereocenters. The lowest BCUT2D eigenvalue weighted by atomic mass is 10.1. The lowest BCUT2D eigenvalue weighted by Gasteiger charge is -2.25. The summed E-state index contributed by atoms with van der Waals surface area (Å²) in [6.45, 7) is -2.77. The van der Waals surface area contributed by atoms with Crippen molar-refractivity contribution < 1.29 is 76.8 Å². The molecule has 3 aliphatic rings. The van der Waals surface area contributed by atoms with E-state index in [9.17, 15) is 49.2 Å². The second-order valence-corrected chi connectivity index (χ2v) is 16.5. The van der Waals surface area contributed by atoms with Gasteiger partial charge in [-0.15, -0.1) is 0 Å². The molecular weight excluding hydrogens is 864 g/mol. The van der Waals surface area contributed by atoms with E-state index in [0.717, 1.165) is 23.4 Å². The van der Waals surface area contributed by atoms with E-state index in [1.165, 1.54) is 27.9 Å². The van der Waals surface area contributed by atoms with Crippen LogP contribution in [0.2, 0.25) is 0 Å². The molecule has 32 heteroatoms. The Morgan fingerprint density at radius 1 is 0.656 bits per heavy atom. The molecule has 8 rings (SSSR count). The first-order chi connectivity index (χ1) is 29.0. The molecule has 0 aromatic carbocycles. The van der Waals surface area contributed by atoms with Crippen LogP contribution >= 0.6 is 15.6 Å². The fraction of sp³-hybridized carbons (Fsp3) is 0.517. The van der Waals surface area contributed by atoms with Crippen molar-refractivity contribution in [3.05, 3.63) is 48.1 Å². The molecule has 3 fully saturated rings. The Labute approximate surface area is 339 Å². The quantitative estimate of drug-likeness (QED) is 0.0472. The Bertz CT molecular complexity index is 2570. The minimum Gasteiger partial charge on any atom is -0.394 e. The van der Waals surface area contributed by atoms with Crippen molar-refractivity contribution in [2.24, 2.45) is 0 Å². The molecule has 0 bridgehead atoms. The highest BCUT2D eigenvalue weighted by molar-refractivity contribution is 7.47. The predicted molar refractivity (Wildman–Crippen MR) is 197 cm³/mol. The zero-order valence-electron chi connectivity index (χ0n) is 30.8. The van der Waals surface area contributed by atoms with E-state index in [1.54, 1.807) is 0 Å². The van der Waals surface area contributed by atoms with Crippen LogP contribution < -0.4 is 22.9 Å². The summed E-state index contributed by atoms with van der Waals surface area (Å²) in [7, 11) is -10.7. The molecule has 0 aliphatic carbocycles. The SMILES string of the molecule is Nc1ccn([C@@H]2O[C@H](COP(=O)(O)O[C@H]3[C@@H](O)[C@H](n4cnc5c(N)ncnc54)O[C@@H]3CO)[C@@H](OP(=O)(O)OC[C@H]3O[C@@H](n4cnc5c(N)ncnc54)[C@H](O)[C@@H]3O)[C@H]2O)c(=O)n1. The minimum atomic E-state index is -5.35. The number of aliphatic hydroxyl groups excluding tert-OH is 5. The third-order valence-corrected chi connectivity index (χ3v) is 11.9. The highest BCUT2D eigenvalue weighted by Gasteiger charge is 2.53. The number of hydrogen-bond acceptors (Lipinski definition) is 25. The molecule has 61 heavy (non-hydrogen) atoms. The highest BCUT2D eigenvalue weighted by Crippen LogP contribution is 2.52. The standard InChI is InChI=1S/C29H37N13O17P2/c30-13-1-2-40(29(48)39-13)27-19(47)21(59-60(49,50)53-4-11-16(44)17(45)26(56-11)41-8-37-14-22(31)33-6-35-24(14)41)12(57-27)5-54-61(51,52)58-20-10(3-43)55-28(18(20)46)42-9-38-15-23(32)34-7-36-25(15)42/h1-2,6-12,16-21,26-28,43-47H,3-5H2,(H,49,50)(H,51,52)(H2,30,39,48)(H2,31,33,35)(H2,32,34,36)/t10-,11-,12-,16-,17-,18-,19-,20-,21-,26-,27-,28-/m1/s1. The van der Waals surface area contributed by atoms with Gasteiger partial charge in [-0.1, -0.05) is 0 Å². The van der Waals surface area contributed by atoms with Gasteiger partial charge in [0.2, 0.25) is 0 Å². The molecule has 5 aromatic heterocycles. The first-order valence-electron chi connectivity index (χ1n) is 17.8. The van der Waals surface area contributed by atoms with Gasteiger partial charge in [0, 0.05) is 6.20 Å². The lowest BCUT2D eigenvalue weighted by molar-refractivity contribution is -0.0632. The Morgan fingerprint density at radius 2 is 1.13 bits per heavy atom. The van der Waals surface area contributed by atoms with Gasteiger partial charge < -0.3 is 66.7 Å². The van der Waals surface area contributed by atoms with Crippen LogP contribution in [0.3, 0.4) is 0 Å². The molecule has 13 N–H and O–H groups in total. The summed E-state index contributed by atoms with van der Waals surface area (Å²) in [4.78, 5) is 61.9. The maximum Gasteiger partial charge on any atom is 0.472 e. The molecule has 30 nitrogen and oxygen atoms in total. The van der Waals surface area contributed by atoms with Gasteiger partial charge in [-0.3, -0.25) is 31.8 Å². The summed E-state index contributed by atoms with van der Waals surface area (Å²) < 4.78 is 67.9. The molecule has 3 saturated heterocycles. The summed E-state index contributed by atoms with van der Waals surface area (Å²) >= 11 is 0. The van der Waals surface area contributed by atoms with Crippen LogP contribution in [0.15, 0.2) is 42.4 Å². The second-order valence-electron chi connectivity index (χ2n) is 13.7. The molecule has 0 spiro atoms. The van der Waals surface area contributed by atoms with Crippen molar-refractivity contribution in [1.82, 2.24) is 48.6 Å². The third-order valence-electron chi connectivity index (χ3n) is 9.90. The van der Waals surface area contributed by atoms with E-state index in [1.807, 2.05) is 0 Å². The predicted octanol–water partition coefficient (Wildman–Crippen LogP) is -4.20. The molecule has 0 amide bonds. The van der Waals surface area contributed by atoms with Crippen LogP contribution in [-0.4, -0.2) is 159 Å². The molecule has 3 aliphatic heterocycles. The van der Waals surface area contributed by atoms with E-state index in [-0.39, 0.29) is 39.8 Å². The molecule has 0 saturated carbocycles. The lowest BCUT2D eigenvalue weighted by Crippen LogP contribution is -2.38. The zero-order valence-corrected chi connectivity index (χ0v) is 32.6. The maximum absolute atomic E-state index is 13.4. The van der Waals surface area contributed by atoms with Gasteiger partial charge in [-0.2, -0.15) is 4.98 Å². The van der Waals surface area contributed by atoms with Crippen molar-refractivity contribution in [3.8, 4) is 0 Å². The number of anilines is 3. The van der Waals surface area contributed by atoms with Crippen molar-refractivity contribution in [2.75, 3.05) is 37.0 Å². The average molecular weight is 902 g/mol. The van der Waals surface area contributed by atoms with Gasteiger partial charge in [0.1, 0.15) is 84.4 Å². The number of phosphoric acid groups is 2. The maximum atomic E-state index is 13.4. The number of aromatic nitrogens is 10. The van der Waals surface area contributed by atoms with Gasteiger partial charge in [0.15, 0.2) is 41.6 Å². The Hall–Kier alpha value is -4.72. The number of fused-ring (bicyclic) bond motifs is 2. The Kier molecular flexibility index (Phi) is 11.6. The van der Waals surface area contributed by atoms with E-state index in [2.05, 4.69) is 34.9 Å². The number of nitrogen functional groups attached to an aromatic ring is 3. The van der Waals surface area contributed by atoms with Crippen LogP contribution in [0, 0.1) is 0 Å². The number of phosphoric ester groups is 2. The molecule has 8 heterocycles. The Morgan fingerprint density at radius 3 is 1.67 bits per heavy atom.